The zero-order valence-electron chi connectivity index (χ0n) is 12.7. The summed E-state index contributed by atoms with van der Waals surface area (Å²) in [5, 5.41) is 15.7. The van der Waals surface area contributed by atoms with Gasteiger partial charge in [-0.05, 0) is 18.2 Å². The molecular weight excluding hydrogens is 351 g/mol. The van der Waals surface area contributed by atoms with Crippen molar-refractivity contribution in [2.75, 3.05) is 12.4 Å². The maximum Gasteiger partial charge on any atom is 0.255 e. The number of halogens is 2. The summed E-state index contributed by atoms with van der Waals surface area (Å²) in [6, 6.07) is 6.99. The van der Waals surface area contributed by atoms with Crippen molar-refractivity contribution in [1.29, 1.82) is 0 Å². The first kappa shape index (κ1) is 16.4. The van der Waals surface area contributed by atoms with Gasteiger partial charge in [-0.1, -0.05) is 29.3 Å². The Morgan fingerprint density at radius 1 is 1.33 bits per heavy atom. The molecule has 0 spiro atoms. The molecule has 2 heterocycles. The van der Waals surface area contributed by atoms with Crippen molar-refractivity contribution in [3.05, 3.63) is 58.0 Å². The number of aromatic hydroxyl groups is 1. The number of hydrogen-bond acceptors (Lipinski definition) is 4. The number of amides is 1. The third kappa shape index (κ3) is 2.98. The average molecular weight is 365 g/mol. The number of imidazole rings is 1. The Hall–Kier alpha value is -2.44. The van der Waals surface area contributed by atoms with Gasteiger partial charge in [-0.15, -0.1) is 0 Å². The molecule has 0 saturated heterocycles. The normalized spacial score (nSPS) is 10.8. The molecular formula is C16H14Cl2N4O2. The molecule has 24 heavy (non-hydrogen) atoms. The minimum absolute atomic E-state index is 0.0706. The van der Waals surface area contributed by atoms with Gasteiger partial charge in [0.1, 0.15) is 5.65 Å². The van der Waals surface area contributed by atoms with Crippen LogP contribution in [-0.2, 0) is 6.54 Å². The molecule has 0 saturated carbocycles. The van der Waals surface area contributed by atoms with Gasteiger partial charge in [0.15, 0.2) is 5.75 Å². The van der Waals surface area contributed by atoms with Crippen LogP contribution in [-0.4, -0.2) is 27.4 Å². The predicted octanol–water partition coefficient (Wildman–Crippen LogP) is 3.32. The molecule has 2 aromatic heterocycles. The zero-order chi connectivity index (χ0) is 17.3. The molecule has 3 aromatic rings. The molecule has 124 valence electrons. The number of carbonyl (C=O) groups excluding carboxylic acids is 1. The number of phenolic OH excluding ortho intramolecular Hbond substituents is 1. The summed E-state index contributed by atoms with van der Waals surface area (Å²) >= 11 is 12.0. The molecule has 3 rings (SSSR count). The zero-order valence-corrected chi connectivity index (χ0v) is 14.2. The molecule has 3 N–H and O–H groups in total. The number of carbonyl (C=O) groups is 1. The van der Waals surface area contributed by atoms with Crippen LogP contribution in [0.25, 0.3) is 5.65 Å². The summed E-state index contributed by atoms with van der Waals surface area (Å²) in [5.41, 5.74) is 1.81. The largest absolute Gasteiger partial charge is 0.504 e. The first-order chi connectivity index (χ1) is 11.5. The molecule has 1 amide bonds. The van der Waals surface area contributed by atoms with E-state index in [4.69, 9.17) is 23.2 Å². The van der Waals surface area contributed by atoms with Crippen LogP contribution in [0.5, 0.6) is 5.75 Å². The first-order valence-electron chi connectivity index (χ1n) is 7.10. The maximum atomic E-state index is 12.5. The molecule has 8 heteroatoms. The number of hydrogen-bond donors (Lipinski definition) is 3. The van der Waals surface area contributed by atoms with Crippen molar-refractivity contribution in [1.82, 2.24) is 14.7 Å². The van der Waals surface area contributed by atoms with E-state index < -0.39 is 5.91 Å². The Balaban J connectivity index is 1.84. The first-order valence-corrected chi connectivity index (χ1v) is 7.86. The van der Waals surface area contributed by atoms with Crippen molar-refractivity contribution < 1.29 is 9.90 Å². The van der Waals surface area contributed by atoms with E-state index in [2.05, 4.69) is 15.6 Å². The van der Waals surface area contributed by atoms with Crippen LogP contribution in [0.4, 0.5) is 5.69 Å². The Labute approximate surface area is 148 Å². The minimum Gasteiger partial charge on any atom is -0.504 e. The summed E-state index contributed by atoms with van der Waals surface area (Å²) in [6.45, 7) is 0.226. The second kappa shape index (κ2) is 6.59. The van der Waals surface area contributed by atoms with E-state index in [1.807, 2.05) is 35.0 Å². The number of phenols is 1. The van der Waals surface area contributed by atoms with E-state index in [9.17, 15) is 9.90 Å². The van der Waals surface area contributed by atoms with Crippen molar-refractivity contribution in [3.8, 4) is 5.75 Å². The summed E-state index contributed by atoms with van der Waals surface area (Å²) < 4.78 is 1.86. The van der Waals surface area contributed by atoms with Gasteiger partial charge in [-0.25, -0.2) is 4.98 Å². The number of nitrogens with zero attached hydrogens (tertiary/aromatic N) is 2. The number of benzene rings is 1. The second-order valence-electron chi connectivity index (χ2n) is 5.07. The van der Waals surface area contributed by atoms with Crippen LogP contribution in [0.15, 0.2) is 36.7 Å². The molecule has 0 atom stereocenters. The van der Waals surface area contributed by atoms with Crippen LogP contribution in [0, 0.1) is 0 Å². The topological polar surface area (TPSA) is 78.7 Å². The monoisotopic (exact) mass is 364 g/mol. The van der Waals surface area contributed by atoms with E-state index in [0.717, 1.165) is 5.65 Å². The summed E-state index contributed by atoms with van der Waals surface area (Å²) in [7, 11) is 1.57. The van der Waals surface area contributed by atoms with Crippen LogP contribution < -0.4 is 10.6 Å². The lowest BCUT2D eigenvalue weighted by atomic mass is 10.1. The molecule has 0 aliphatic carbocycles. The Bertz CT molecular complexity index is 891. The van der Waals surface area contributed by atoms with E-state index in [1.54, 1.807) is 7.05 Å². The predicted molar refractivity (Wildman–Crippen MR) is 94.0 cm³/mol. The lowest BCUT2D eigenvalue weighted by Crippen LogP contribution is -2.24. The molecule has 6 nitrogen and oxygen atoms in total. The van der Waals surface area contributed by atoms with Crippen molar-refractivity contribution >= 4 is 40.4 Å². The number of aromatic nitrogens is 2. The highest BCUT2D eigenvalue weighted by atomic mass is 35.5. The van der Waals surface area contributed by atoms with Crippen LogP contribution >= 0.6 is 23.2 Å². The van der Waals surface area contributed by atoms with Crippen molar-refractivity contribution in [2.45, 2.75) is 6.54 Å². The molecule has 0 aliphatic rings. The summed E-state index contributed by atoms with van der Waals surface area (Å²) in [5.74, 6) is -0.658. The van der Waals surface area contributed by atoms with Gasteiger partial charge < -0.3 is 20.1 Å². The Morgan fingerprint density at radius 3 is 2.83 bits per heavy atom. The lowest BCUT2D eigenvalue weighted by molar-refractivity contribution is 0.0951. The number of pyridine rings is 1. The fourth-order valence-corrected chi connectivity index (χ4v) is 2.95. The maximum absolute atomic E-state index is 12.5. The third-order valence-electron chi connectivity index (χ3n) is 3.53. The van der Waals surface area contributed by atoms with Gasteiger partial charge in [0.05, 0.1) is 33.5 Å². The summed E-state index contributed by atoms with van der Waals surface area (Å²) in [4.78, 5) is 16.9. The standard InChI is InChI=1S/C16H14Cl2N4O2/c1-19-14-13(10(17)6-11(18)15(14)23)16(24)20-7-9-8-22-5-3-2-4-12(22)21-9/h2-6,8,19,23H,7H2,1H3,(H,20,24). The highest BCUT2D eigenvalue weighted by Crippen LogP contribution is 2.39. The van der Waals surface area contributed by atoms with Gasteiger partial charge in [-0.3, -0.25) is 4.79 Å². The van der Waals surface area contributed by atoms with Gasteiger partial charge in [-0.2, -0.15) is 0 Å². The number of anilines is 1. The second-order valence-corrected chi connectivity index (χ2v) is 5.88. The smallest absolute Gasteiger partial charge is 0.255 e. The molecule has 0 unspecified atom stereocenters. The highest BCUT2D eigenvalue weighted by molar-refractivity contribution is 6.38. The molecule has 0 bridgehead atoms. The highest BCUT2D eigenvalue weighted by Gasteiger charge is 2.21. The Kier molecular flexibility index (Phi) is 4.51. The fraction of sp³-hybridized carbons (Fsp3) is 0.125. The van der Waals surface area contributed by atoms with Gasteiger partial charge in [0.25, 0.3) is 5.91 Å². The number of rotatable bonds is 4. The molecule has 0 aliphatic heterocycles. The fourth-order valence-electron chi connectivity index (χ4n) is 2.41. The van der Waals surface area contributed by atoms with Crippen LogP contribution in [0.1, 0.15) is 16.1 Å². The van der Waals surface area contributed by atoms with E-state index in [0.29, 0.717) is 5.69 Å². The average Bonchev–Trinajstić information content (AvgIpc) is 2.98. The van der Waals surface area contributed by atoms with E-state index in [1.165, 1.54) is 6.07 Å². The van der Waals surface area contributed by atoms with E-state index >= 15 is 0 Å². The van der Waals surface area contributed by atoms with E-state index in [-0.39, 0.29) is 33.6 Å². The molecule has 0 radical (unpaired) electrons. The number of fused-ring (bicyclic) bond motifs is 1. The van der Waals surface area contributed by atoms with Gasteiger partial charge >= 0.3 is 0 Å². The summed E-state index contributed by atoms with van der Waals surface area (Å²) in [6.07, 6.45) is 3.70. The van der Waals surface area contributed by atoms with Crippen LogP contribution in [0.2, 0.25) is 10.0 Å². The lowest BCUT2D eigenvalue weighted by Gasteiger charge is -2.13. The third-order valence-corrected chi connectivity index (χ3v) is 4.11. The van der Waals surface area contributed by atoms with Gasteiger partial charge in [0.2, 0.25) is 0 Å². The van der Waals surface area contributed by atoms with Crippen LogP contribution in [0.3, 0.4) is 0 Å². The quantitative estimate of drug-likeness (QED) is 0.620. The molecule has 1 aromatic carbocycles. The SMILES string of the molecule is CNc1c(O)c(Cl)cc(Cl)c1C(=O)NCc1cn2ccccc2n1. The van der Waals surface area contributed by atoms with Gasteiger partial charge in [0, 0.05) is 19.4 Å². The molecule has 0 fully saturated rings. The minimum atomic E-state index is -0.437. The van der Waals surface area contributed by atoms with Crippen molar-refractivity contribution in [2.24, 2.45) is 0 Å². The number of nitrogens with one attached hydrogen (secondary N) is 2. The van der Waals surface area contributed by atoms with Crippen molar-refractivity contribution in [3.63, 3.8) is 0 Å². The Morgan fingerprint density at radius 2 is 2.12 bits per heavy atom.